The number of hydrogen-bond donors (Lipinski definition) is 1. The zero-order chi connectivity index (χ0) is 19.7. The van der Waals surface area contributed by atoms with Gasteiger partial charge in [0.15, 0.2) is 16.6 Å². The van der Waals surface area contributed by atoms with E-state index in [1.807, 2.05) is 35.4 Å². The minimum Gasteiger partial charge on any atom is -0.493 e. The lowest BCUT2D eigenvalue weighted by atomic mass is 9.91. The summed E-state index contributed by atoms with van der Waals surface area (Å²) in [6.07, 6.45) is 2.52. The predicted molar refractivity (Wildman–Crippen MR) is 112 cm³/mol. The van der Waals surface area contributed by atoms with Gasteiger partial charge in [0.2, 0.25) is 0 Å². The van der Waals surface area contributed by atoms with Crippen LogP contribution in [0, 0.1) is 6.92 Å². The van der Waals surface area contributed by atoms with E-state index in [4.69, 9.17) is 9.47 Å². The van der Waals surface area contributed by atoms with Gasteiger partial charge in [-0.3, -0.25) is 5.32 Å². The Morgan fingerprint density at radius 3 is 2.71 bits per heavy atom. The summed E-state index contributed by atoms with van der Waals surface area (Å²) in [6, 6.07) is 7.77. The highest BCUT2D eigenvalue weighted by Crippen LogP contribution is 2.42. The lowest BCUT2D eigenvalue weighted by Crippen LogP contribution is -2.42. The van der Waals surface area contributed by atoms with Crippen LogP contribution in [0.15, 0.2) is 35.8 Å². The molecule has 1 atom stereocenters. The van der Waals surface area contributed by atoms with E-state index >= 15 is 0 Å². The Hall–Kier alpha value is -2.58. The Labute approximate surface area is 171 Å². The lowest BCUT2D eigenvalue weighted by molar-refractivity contribution is 0.194. The molecule has 1 aliphatic rings. The van der Waals surface area contributed by atoms with Crippen LogP contribution in [-0.2, 0) is 6.42 Å². The summed E-state index contributed by atoms with van der Waals surface area (Å²) in [5.41, 5.74) is 2.24. The van der Waals surface area contributed by atoms with Crippen LogP contribution in [0.5, 0.6) is 11.5 Å². The number of carbonyl (C=O) groups excluding carboxylic acids is 1. The lowest BCUT2D eigenvalue weighted by Gasteiger charge is -2.37. The molecule has 0 fully saturated rings. The highest BCUT2D eigenvalue weighted by molar-refractivity contribution is 7.15. The third kappa shape index (κ3) is 3.45. The van der Waals surface area contributed by atoms with Crippen molar-refractivity contribution in [2.24, 2.45) is 0 Å². The molecule has 3 heterocycles. The molecule has 1 unspecified atom stereocenters. The van der Waals surface area contributed by atoms with E-state index in [-0.39, 0.29) is 12.1 Å². The number of nitrogens with zero attached hydrogens (tertiary/aromatic N) is 2. The van der Waals surface area contributed by atoms with Gasteiger partial charge in [-0.15, -0.1) is 22.7 Å². The number of aromatic nitrogens is 1. The zero-order valence-electron chi connectivity index (χ0n) is 15.9. The Bertz CT molecular complexity index is 985. The van der Waals surface area contributed by atoms with Crippen LogP contribution < -0.4 is 14.8 Å². The van der Waals surface area contributed by atoms with Crippen LogP contribution in [0.4, 0.5) is 9.93 Å². The number of thiophene rings is 1. The number of aryl methyl sites for hydroxylation is 1. The van der Waals surface area contributed by atoms with Crippen molar-refractivity contribution in [2.45, 2.75) is 19.4 Å². The number of nitrogens with one attached hydrogen (secondary N) is 1. The molecule has 3 aromatic rings. The maximum absolute atomic E-state index is 13.1. The quantitative estimate of drug-likeness (QED) is 0.670. The summed E-state index contributed by atoms with van der Waals surface area (Å²) >= 11 is 3.11. The minimum atomic E-state index is -0.176. The van der Waals surface area contributed by atoms with E-state index in [1.165, 1.54) is 16.9 Å². The van der Waals surface area contributed by atoms with E-state index in [1.54, 1.807) is 31.8 Å². The summed E-state index contributed by atoms with van der Waals surface area (Å²) in [6.45, 7) is 2.58. The van der Waals surface area contributed by atoms with Gasteiger partial charge in [0.25, 0.3) is 0 Å². The molecule has 0 saturated carbocycles. The number of rotatable bonds is 4. The molecule has 146 valence electrons. The molecule has 6 nitrogen and oxygen atoms in total. The van der Waals surface area contributed by atoms with Crippen LogP contribution in [-0.4, -0.2) is 36.7 Å². The molecule has 1 aromatic carbocycles. The SMILES string of the molecule is COc1cc2c(cc1OC)C(c1cccs1)N(C(=O)Nc1ncc(C)s1)CC2. The van der Waals surface area contributed by atoms with Gasteiger partial charge in [0, 0.05) is 22.5 Å². The summed E-state index contributed by atoms with van der Waals surface area (Å²) in [7, 11) is 3.27. The van der Waals surface area contributed by atoms with Crippen molar-refractivity contribution in [3.63, 3.8) is 0 Å². The van der Waals surface area contributed by atoms with Crippen molar-refractivity contribution in [3.8, 4) is 11.5 Å². The first-order valence-corrected chi connectivity index (χ1v) is 10.6. The van der Waals surface area contributed by atoms with Gasteiger partial charge < -0.3 is 14.4 Å². The van der Waals surface area contributed by atoms with Crippen LogP contribution in [0.1, 0.15) is 26.9 Å². The van der Waals surface area contributed by atoms with Crippen LogP contribution in [0.3, 0.4) is 0 Å². The average molecular weight is 416 g/mol. The molecule has 8 heteroatoms. The Morgan fingerprint density at radius 1 is 1.29 bits per heavy atom. The maximum atomic E-state index is 13.1. The topological polar surface area (TPSA) is 63.7 Å². The van der Waals surface area contributed by atoms with E-state index < -0.39 is 0 Å². The fraction of sp³-hybridized carbons (Fsp3) is 0.300. The molecular formula is C20H21N3O3S2. The van der Waals surface area contributed by atoms with Gasteiger partial charge in [0.1, 0.15) is 0 Å². The number of anilines is 1. The number of hydrogen-bond acceptors (Lipinski definition) is 6. The number of fused-ring (bicyclic) bond motifs is 1. The van der Waals surface area contributed by atoms with Gasteiger partial charge in [-0.1, -0.05) is 6.07 Å². The number of urea groups is 1. The van der Waals surface area contributed by atoms with Crippen LogP contribution in [0.2, 0.25) is 0 Å². The Morgan fingerprint density at radius 2 is 2.07 bits per heavy atom. The van der Waals surface area contributed by atoms with E-state index in [0.29, 0.717) is 23.2 Å². The molecule has 1 aliphatic heterocycles. The second-order valence-electron chi connectivity index (χ2n) is 6.47. The van der Waals surface area contributed by atoms with E-state index in [2.05, 4.69) is 16.4 Å². The first kappa shape index (κ1) is 18.8. The fourth-order valence-corrected chi connectivity index (χ4v) is 5.00. The fourth-order valence-electron chi connectivity index (χ4n) is 3.49. The first-order chi connectivity index (χ1) is 13.6. The normalized spacial score (nSPS) is 15.8. The number of benzene rings is 1. The monoisotopic (exact) mass is 415 g/mol. The van der Waals surface area contributed by atoms with Gasteiger partial charge in [0.05, 0.1) is 20.3 Å². The first-order valence-electron chi connectivity index (χ1n) is 8.89. The Balaban J connectivity index is 1.73. The second-order valence-corrected chi connectivity index (χ2v) is 8.69. The molecular weight excluding hydrogens is 394 g/mol. The van der Waals surface area contributed by atoms with Crippen LogP contribution in [0.25, 0.3) is 0 Å². The standard InChI is InChI=1S/C20H21N3O3S2/c1-12-11-21-19(28-12)22-20(24)23-7-6-13-9-15(25-2)16(26-3)10-14(13)18(23)17-5-4-8-27-17/h4-5,8-11,18H,6-7H2,1-3H3,(H,21,22,24). The largest absolute Gasteiger partial charge is 0.493 e. The third-order valence-electron chi connectivity index (χ3n) is 4.78. The van der Waals surface area contributed by atoms with Crippen molar-refractivity contribution >= 4 is 33.8 Å². The number of ether oxygens (including phenoxy) is 2. The van der Waals surface area contributed by atoms with E-state index in [9.17, 15) is 4.79 Å². The molecule has 0 radical (unpaired) electrons. The molecule has 0 saturated heterocycles. The zero-order valence-corrected chi connectivity index (χ0v) is 17.5. The maximum Gasteiger partial charge on any atom is 0.324 e. The predicted octanol–water partition coefficient (Wildman–Crippen LogP) is 4.71. The second kappa shape index (κ2) is 7.81. The number of amides is 2. The van der Waals surface area contributed by atoms with E-state index in [0.717, 1.165) is 21.7 Å². The molecule has 2 aromatic heterocycles. The minimum absolute atomic E-state index is 0.145. The highest BCUT2D eigenvalue weighted by atomic mass is 32.1. The summed E-state index contributed by atoms with van der Waals surface area (Å²) < 4.78 is 11.0. The molecule has 0 spiro atoms. The smallest absolute Gasteiger partial charge is 0.324 e. The highest BCUT2D eigenvalue weighted by Gasteiger charge is 2.34. The van der Waals surface area contributed by atoms with Crippen molar-refractivity contribution in [2.75, 3.05) is 26.1 Å². The molecule has 1 N–H and O–H groups in total. The number of methoxy groups -OCH3 is 2. The molecule has 0 aliphatic carbocycles. The van der Waals surface area contributed by atoms with Crippen molar-refractivity contribution in [1.82, 2.24) is 9.88 Å². The van der Waals surface area contributed by atoms with Gasteiger partial charge in [-0.25, -0.2) is 9.78 Å². The van der Waals surface area contributed by atoms with Gasteiger partial charge in [-0.05, 0) is 48.1 Å². The molecule has 28 heavy (non-hydrogen) atoms. The molecule has 2 amide bonds. The summed E-state index contributed by atoms with van der Waals surface area (Å²) in [4.78, 5) is 21.4. The van der Waals surface area contributed by atoms with Gasteiger partial charge in [-0.2, -0.15) is 0 Å². The van der Waals surface area contributed by atoms with Crippen molar-refractivity contribution in [3.05, 3.63) is 56.7 Å². The van der Waals surface area contributed by atoms with Crippen LogP contribution >= 0.6 is 22.7 Å². The number of carbonyl (C=O) groups is 1. The summed E-state index contributed by atoms with van der Waals surface area (Å²) in [5.74, 6) is 1.38. The molecule has 4 rings (SSSR count). The Kier molecular flexibility index (Phi) is 5.23. The van der Waals surface area contributed by atoms with Gasteiger partial charge >= 0.3 is 6.03 Å². The molecule has 0 bridgehead atoms. The third-order valence-corrected chi connectivity index (χ3v) is 6.54. The summed E-state index contributed by atoms with van der Waals surface area (Å²) in [5, 5.41) is 5.60. The van der Waals surface area contributed by atoms with Crippen molar-refractivity contribution in [1.29, 1.82) is 0 Å². The average Bonchev–Trinajstić information content (AvgIpc) is 3.37. The van der Waals surface area contributed by atoms with Crippen molar-refractivity contribution < 1.29 is 14.3 Å². The number of thiazole rings is 1.